The van der Waals surface area contributed by atoms with Gasteiger partial charge in [0, 0.05) is 18.5 Å². The van der Waals surface area contributed by atoms with Crippen LogP contribution < -0.4 is 0 Å². The lowest BCUT2D eigenvalue weighted by molar-refractivity contribution is 0.284. The molecule has 3 aromatic rings. The van der Waals surface area contributed by atoms with Crippen LogP contribution in [0.2, 0.25) is 0 Å². The molecule has 0 amide bonds. The van der Waals surface area contributed by atoms with Crippen LogP contribution in [-0.2, 0) is 10.0 Å². The van der Waals surface area contributed by atoms with Crippen molar-refractivity contribution < 1.29 is 21.9 Å². The SMILES string of the molecule is CC(C)c1noc(C2CCCN2S(=O)(=O)c2ccc(-c3ccno3)o2)n1. The molecule has 4 rings (SSSR count). The summed E-state index contributed by atoms with van der Waals surface area (Å²) in [5, 5.41) is 7.38. The number of aromatic nitrogens is 3. The Morgan fingerprint density at radius 3 is 2.73 bits per heavy atom. The molecule has 1 aliphatic rings. The van der Waals surface area contributed by atoms with E-state index in [2.05, 4.69) is 15.3 Å². The Kier molecular flexibility index (Phi) is 4.16. The van der Waals surface area contributed by atoms with Crippen LogP contribution in [-0.4, -0.2) is 34.6 Å². The van der Waals surface area contributed by atoms with Crippen molar-refractivity contribution in [3.8, 4) is 11.5 Å². The molecule has 1 unspecified atom stereocenters. The molecule has 1 aliphatic heterocycles. The van der Waals surface area contributed by atoms with Crippen molar-refractivity contribution in [2.45, 2.75) is 43.7 Å². The van der Waals surface area contributed by atoms with Crippen LogP contribution in [0.15, 0.2) is 43.0 Å². The highest BCUT2D eigenvalue weighted by molar-refractivity contribution is 7.89. The first-order valence-corrected chi connectivity index (χ1v) is 9.77. The van der Waals surface area contributed by atoms with Crippen LogP contribution in [0.4, 0.5) is 0 Å². The van der Waals surface area contributed by atoms with Gasteiger partial charge in [-0.25, -0.2) is 8.42 Å². The maximum atomic E-state index is 13.0. The van der Waals surface area contributed by atoms with Crippen molar-refractivity contribution >= 4 is 10.0 Å². The summed E-state index contributed by atoms with van der Waals surface area (Å²) in [6.45, 7) is 4.27. The van der Waals surface area contributed by atoms with Crippen LogP contribution >= 0.6 is 0 Å². The Labute approximate surface area is 150 Å². The molecule has 0 aliphatic carbocycles. The Morgan fingerprint density at radius 2 is 2.04 bits per heavy atom. The summed E-state index contributed by atoms with van der Waals surface area (Å²) in [4.78, 5) is 4.36. The molecule has 1 atom stereocenters. The van der Waals surface area contributed by atoms with Crippen LogP contribution in [0.3, 0.4) is 0 Å². The fraction of sp³-hybridized carbons (Fsp3) is 0.438. The zero-order valence-electron chi connectivity index (χ0n) is 14.3. The van der Waals surface area contributed by atoms with E-state index in [0.29, 0.717) is 42.6 Å². The molecule has 3 aromatic heterocycles. The highest BCUT2D eigenvalue weighted by Gasteiger charge is 2.41. The second kappa shape index (κ2) is 6.36. The van der Waals surface area contributed by atoms with E-state index >= 15 is 0 Å². The molecular formula is C16H18N4O5S. The van der Waals surface area contributed by atoms with Gasteiger partial charge in [0.1, 0.15) is 6.04 Å². The Hall–Kier alpha value is -2.46. The van der Waals surface area contributed by atoms with E-state index in [-0.39, 0.29) is 11.0 Å². The molecule has 0 radical (unpaired) electrons. The van der Waals surface area contributed by atoms with Gasteiger partial charge < -0.3 is 13.5 Å². The maximum absolute atomic E-state index is 13.0. The van der Waals surface area contributed by atoms with Crippen molar-refractivity contribution in [1.29, 1.82) is 0 Å². The second-order valence-electron chi connectivity index (χ2n) is 6.41. The molecule has 0 saturated carbocycles. The van der Waals surface area contributed by atoms with Gasteiger partial charge in [-0.05, 0) is 25.0 Å². The zero-order chi connectivity index (χ0) is 18.3. The Balaban J connectivity index is 1.64. The van der Waals surface area contributed by atoms with Crippen LogP contribution in [0, 0.1) is 0 Å². The number of sulfonamides is 1. The minimum absolute atomic E-state index is 0.105. The van der Waals surface area contributed by atoms with Gasteiger partial charge in [-0.1, -0.05) is 24.2 Å². The molecule has 1 saturated heterocycles. The third-order valence-electron chi connectivity index (χ3n) is 4.29. The topological polar surface area (TPSA) is 115 Å². The van der Waals surface area contributed by atoms with Gasteiger partial charge in [0.2, 0.25) is 16.7 Å². The van der Waals surface area contributed by atoms with Crippen molar-refractivity contribution in [2.24, 2.45) is 0 Å². The number of furan rings is 1. The molecule has 26 heavy (non-hydrogen) atoms. The van der Waals surface area contributed by atoms with Gasteiger partial charge in [0.25, 0.3) is 10.0 Å². The molecule has 138 valence electrons. The van der Waals surface area contributed by atoms with E-state index in [4.69, 9.17) is 13.5 Å². The van der Waals surface area contributed by atoms with E-state index < -0.39 is 16.1 Å². The smallest absolute Gasteiger partial charge is 0.277 e. The van der Waals surface area contributed by atoms with Crippen molar-refractivity contribution in [1.82, 2.24) is 19.6 Å². The molecule has 1 fully saturated rings. The Morgan fingerprint density at radius 1 is 1.19 bits per heavy atom. The minimum atomic E-state index is -3.84. The molecule has 0 aromatic carbocycles. The number of rotatable bonds is 5. The summed E-state index contributed by atoms with van der Waals surface area (Å²) >= 11 is 0. The summed E-state index contributed by atoms with van der Waals surface area (Å²) in [5.74, 6) is 1.65. The summed E-state index contributed by atoms with van der Waals surface area (Å²) in [6, 6.07) is 4.07. The van der Waals surface area contributed by atoms with E-state index in [1.807, 2.05) is 13.8 Å². The first kappa shape index (κ1) is 17.0. The summed E-state index contributed by atoms with van der Waals surface area (Å²) in [6.07, 6.45) is 2.79. The van der Waals surface area contributed by atoms with Crippen molar-refractivity contribution in [3.63, 3.8) is 0 Å². The predicted octanol–water partition coefficient (Wildman–Crippen LogP) is 2.97. The maximum Gasteiger partial charge on any atom is 0.277 e. The van der Waals surface area contributed by atoms with Crippen molar-refractivity contribution in [3.05, 3.63) is 36.1 Å². The van der Waals surface area contributed by atoms with Crippen LogP contribution in [0.5, 0.6) is 0 Å². The van der Waals surface area contributed by atoms with E-state index in [9.17, 15) is 8.42 Å². The number of hydrogen-bond acceptors (Lipinski definition) is 8. The molecule has 0 N–H and O–H groups in total. The zero-order valence-corrected chi connectivity index (χ0v) is 15.1. The highest BCUT2D eigenvalue weighted by atomic mass is 32.2. The molecular weight excluding hydrogens is 360 g/mol. The lowest BCUT2D eigenvalue weighted by Gasteiger charge is -2.19. The first-order chi connectivity index (χ1) is 12.5. The van der Waals surface area contributed by atoms with Gasteiger partial charge in [-0.2, -0.15) is 9.29 Å². The van der Waals surface area contributed by atoms with E-state index in [0.717, 1.165) is 0 Å². The largest absolute Gasteiger partial charge is 0.440 e. The highest BCUT2D eigenvalue weighted by Crippen LogP contribution is 2.37. The second-order valence-corrected chi connectivity index (χ2v) is 8.24. The lowest BCUT2D eigenvalue weighted by atomic mass is 10.2. The molecule has 10 heteroatoms. The molecule has 4 heterocycles. The van der Waals surface area contributed by atoms with Gasteiger partial charge in [-0.3, -0.25) is 0 Å². The van der Waals surface area contributed by atoms with Gasteiger partial charge >= 0.3 is 0 Å². The normalized spacial score (nSPS) is 18.8. The standard InChI is InChI=1S/C16H18N4O5S/c1-10(2)15-18-16(25-19-15)11-4-3-9-20(11)26(21,22)14-6-5-12(23-14)13-7-8-17-24-13/h5-8,10-11H,3-4,9H2,1-2H3. The van der Waals surface area contributed by atoms with E-state index in [1.165, 1.54) is 16.6 Å². The number of hydrogen-bond donors (Lipinski definition) is 0. The first-order valence-electron chi connectivity index (χ1n) is 8.33. The average Bonchev–Trinajstić information content (AvgIpc) is 3.42. The van der Waals surface area contributed by atoms with Crippen molar-refractivity contribution in [2.75, 3.05) is 6.54 Å². The molecule has 9 nitrogen and oxygen atoms in total. The average molecular weight is 378 g/mol. The fourth-order valence-corrected chi connectivity index (χ4v) is 4.51. The summed E-state index contributed by atoms with van der Waals surface area (Å²) in [7, 11) is -3.84. The van der Waals surface area contributed by atoms with Crippen LogP contribution in [0.25, 0.3) is 11.5 Å². The summed E-state index contributed by atoms with van der Waals surface area (Å²) < 4.78 is 43.2. The minimum Gasteiger partial charge on any atom is -0.440 e. The van der Waals surface area contributed by atoms with E-state index in [1.54, 1.807) is 12.1 Å². The fourth-order valence-electron chi connectivity index (χ4n) is 2.94. The quantitative estimate of drug-likeness (QED) is 0.665. The lowest BCUT2D eigenvalue weighted by Crippen LogP contribution is -2.30. The third-order valence-corrected chi connectivity index (χ3v) is 6.07. The Bertz CT molecular complexity index is 990. The van der Waals surface area contributed by atoms with Gasteiger partial charge in [0.05, 0.1) is 6.20 Å². The van der Waals surface area contributed by atoms with Gasteiger partial charge in [-0.15, -0.1) is 0 Å². The van der Waals surface area contributed by atoms with Crippen LogP contribution in [0.1, 0.15) is 50.4 Å². The third kappa shape index (κ3) is 2.84. The molecule has 0 bridgehead atoms. The molecule has 0 spiro atoms. The van der Waals surface area contributed by atoms with Gasteiger partial charge in [0.15, 0.2) is 11.6 Å². The number of nitrogens with zero attached hydrogens (tertiary/aromatic N) is 4. The summed E-state index contributed by atoms with van der Waals surface area (Å²) in [5.41, 5.74) is 0. The predicted molar refractivity (Wildman–Crippen MR) is 88.5 cm³/mol. The monoisotopic (exact) mass is 378 g/mol.